The van der Waals surface area contributed by atoms with Gasteiger partial charge < -0.3 is 9.13 Å². The first-order chi connectivity index (χ1) is 39.3. The third kappa shape index (κ3) is 8.41. The predicted molar refractivity (Wildman–Crippen MR) is 308 cm³/mol. The fourth-order valence-corrected chi connectivity index (χ4v) is 13.2. The molecular formula is C70H58N6O4. The van der Waals surface area contributed by atoms with Crippen LogP contribution in [0.1, 0.15) is 110 Å². The fraction of sp³-hybridized carbons (Fsp3) is 0.171. The van der Waals surface area contributed by atoms with Gasteiger partial charge in [0.2, 0.25) is 0 Å². The van der Waals surface area contributed by atoms with Gasteiger partial charge in [0, 0.05) is 24.5 Å². The molecule has 0 fully saturated rings. The van der Waals surface area contributed by atoms with E-state index in [9.17, 15) is 19.2 Å². The Morgan fingerprint density at radius 1 is 0.338 bits per heavy atom. The maximum atomic E-state index is 13.1. The van der Waals surface area contributed by atoms with Crippen LogP contribution >= 0.6 is 0 Å². The number of imide groups is 2. The summed E-state index contributed by atoms with van der Waals surface area (Å²) >= 11 is 0. The summed E-state index contributed by atoms with van der Waals surface area (Å²) in [5, 5.41) is 0. The molecule has 2 atom stereocenters. The molecule has 4 heterocycles. The van der Waals surface area contributed by atoms with E-state index in [1.165, 1.54) is 32.2 Å². The van der Waals surface area contributed by atoms with E-state index < -0.39 is 11.1 Å². The van der Waals surface area contributed by atoms with Crippen molar-refractivity contribution in [2.24, 2.45) is 11.8 Å². The van der Waals surface area contributed by atoms with E-state index in [2.05, 4.69) is 173 Å². The number of carbonyl (C=O) groups excluding carboxylic acids is 4. The smallest absolute Gasteiger partial charge is 0.261 e. The summed E-state index contributed by atoms with van der Waals surface area (Å²) in [4.78, 5) is 65.1. The quantitative estimate of drug-likeness (QED) is 0.0890. The molecule has 10 nitrogen and oxygen atoms in total. The van der Waals surface area contributed by atoms with Crippen LogP contribution in [-0.4, -0.2) is 65.6 Å². The van der Waals surface area contributed by atoms with Gasteiger partial charge in [-0.2, -0.15) is 0 Å². The predicted octanol–water partition coefficient (Wildman–Crippen LogP) is 12.2. The summed E-state index contributed by atoms with van der Waals surface area (Å²) in [5.74, 6) is -0.441. The zero-order valence-electron chi connectivity index (χ0n) is 44.2. The molecule has 0 N–H and O–H groups in total. The Balaban J connectivity index is 0.000000151. The molecule has 392 valence electrons. The molecule has 0 spiro atoms. The minimum Gasteiger partial charge on any atom is -0.316 e. The Hall–Kier alpha value is -9.54. The normalized spacial score (nSPS) is 16.6. The largest absolute Gasteiger partial charge is 0.316 e. The molecular weight excluding hydrogens is 989 g/mol. The van der Waals surface area contributed by atoms with Crippen molar-refractivity contribution >= 4 is 23.6 Å². The number of fused-ring (bicyclic) bond motifs is 4. The summed E-state index contributed by atoms with van der Waals surface area (Å²) < 4.78 is 4.71. The van der Waals surface area contributed by atoms with Crippen LogP contribution in [0.5, 0.6) is 0 Å². The molecule has 10 heteroatoms. The average Bonchev–Trinajstić information content (AvgIpc) is 4.40. The van der Waals surface area contributed by atoms with Crippen LogP contribution in [0, 0.1) is 11.8 Å². The van der Waals surface area contributed by atoms with Crippen LogP contribution in [0.15, 0.2) is 243 Å². The molecule has 0 saturated carbocycles. The first kappa shape index (κ1) is 50.0. The molecule has 0 radical (unpaired) electrons. The number of hydrogen-bond acceptors (Lipinski definition) is 6. The maximum Gasteiger partial charge on any atom is 0.261 e. The first-order valence-corrected chi connectivity index (χ1v) is 27.7. The van der Waals surface area contributed by atoms with Crippen LogP contribution in [0.3, 0.4) is 0 Å². The number of hydrogen-bond donors (Lipinski definition) is 0. The number of aromatic nitrogens is 4. The highest BCUT2D eigenvalue weighted by atomic mass is 16.2. The SMILES string of the molecule is O=C1c2ccccc2C(=O)N1CC1CCc2c(ncn2C(c2ccccc2)(c2ccccc2)c2ccccc2)C1.O=C1c2ccccc2C(=O)N1CC1CCc2ncn(C(c3ccccc3)(c3ccccc3)c3ccccc3)c2C1. The molecule has 2 unspecified atom stereocenters. The highest BCUT2D eigenvalue weighted by molar-refractivity contribution is 6.22. The van der Waals surface area contributed by atoms with E-state index in [4.69, 9.17) is 9.97 Å². The Morgan fingerprint density at radius 3 is 0.975 bits per heavy atom. The number of amides is 4. The van der Waals surface area contributed by atoms with Crippen molar-refractivity contribution in [3.63, 3.8) is 0 Å². The summed E-state index contributed by atoms with van der Waals surface area (Å²) in [6.45, 7) is 0.825. The Labute approximate surface area is 465 Å². The monoisotopic (exact) mass is 1050 g/mol. The van der Waals surface area contributed by atoms with Crippen molar-refractivity contribution in [1.29, 1.82) is 0 Å². The zero-order chi connectivity index (χ0) is 54.2. The van der Waals surface area contributed by atoms with E-state index in [0.29, 0.717) is 35.3 Å². The van der Waals surface area contributed by atoms with Gasteiger partial charge in [-0.3, -0.25) is 29.0 Å². The van der Waals surface area contributed by atoms with Crippen LogP contribution in [-0.2, 0) is 36.8 Å². The third-order valence-electron chi connectivity index (χ3n) is 17.0. The second-order valence-corrected chi connectivity index (χ2v) is 21.4. The summed E-state index contributed by atoms with van der Waals surface area (Å²) in [7, 11) is 0. The second-order valence-electron chi connectivity index (χ2n) is 21.4. The lowest BCUT2D eigenvalue weighted by molar-refractivity contribution is 0.0609. The summed E-state index contributed by atoms with van der Waals surface area (Å²) in [6, 6.07) is 77.9. The van der Waals surface area contributed by atoms with Gasteiger partial charge in [-0.1, -0.05) is 206 Å². The molecule has 10 aromatic rings. The molecule has 8 aromatic carbocycles. The molecule has 2 aromatic heterocycles. The lowest BCUT2D eigenvalue weighted by Gasteiger charge is -2.40. The molecule has 80 heavy (non-hydrogen) atoms. The van der Waals surface area contributed by atoms with Gasteiger partial charge in [0.05, 0.1) is 46.3 Å². The van der Waals surface area contributed by atoms with Gasteiger partial charge in [-0.25, -0.2) is 9.97 Å². The number of carbonyl (C=O) groups is 4. The van der Waals surface area contributed by atoms with Crippen LogP contribution in [0.2, 0.25) is 0 Å². The minimum atomic E-state index is -0.637. The average molecular weight is 1050 g/mol. The Bertz CT molecular complexity index is 3640. The standard InChI is InChI=1S/2C35H29N3O2/c39-33-29-18-10-11-19-30(29)34(40)37(33)23-25-20-21-32-31(22-25)36-24-38(32)35(26-12-4-1-5-13-26,27-14-6-2-7-15-27)28-16-8-3-9-17-28;39-33-29-18-10-11-19-30(29)34(40)37(33)23-25-20-21-31-32(22-25)38(24-36-31)35(26-12-4-1-5-13-26,27-14-6-2-7-15-27)28-16-8-3-9-17-28/h2*1-19,24-25H,20-23H2. The number of aryl methyl sites for hydroxylation is 1. The molecule has 0 bridgehead atoms. The van der Waals surface area contributed by atoms with Gasteiger partial charge in [0.15, 0.2) is 0 Å². The van der Waals surface area contributed by atoms with Crippen molar-refractivity contribution < 1.29 is 19.2 Å². The number of nitrogens with zero attached hydrogens (tertiary/aromatic N) is 6. The molecule has 2 aliphatic carbocycles. The minimum absolute atomic E-state index is 0.144. The van der Waals surface area contributed by atoms with Gasteiger partial charge in [-0.05, 0) is 108 Å². The highest BCUT2D eigenvalue weighted by Gasteiger charge is 2.45. The maximum absolute atomic E-state index is 13.1. The number of rotatable bonds is 12. The van der Waals surface area contributed by atoms with Crippen molar-refractivity contribution in [1.82, 2.24) is 28.9 Å². The zero-order valence-corrected chi connectivity index (χ0v) is 44.2. The van der Waals surface area contributed by atoms with Crippen LogP contribution < -0.4 is 0 Å². The number of benzene rings is 8. The van der Waals surface area contributed by atoms with Crippen molar-refractivity contribution in [2.45, 2.75) is 49.6 Å². The lowest BCUT2D eigenvalue weighted by Crippen LogP contribution is -2.40. The molecule has 0 saturated heterocycles. The van der Waals surface area contributed by atoms with E-state index >= 15 is 0 Å². The summed E-state index contributed by atoms with van der Waals surface area (Å²) in [5.41, 5.74) is 12.2. The van der Waals surface area contributed by atoms with Gasteiger partial charge in [0.1, 0.15) is 11.1 Å². The van der Waals surface area contributed by atoms with Crippen molar-refractivity contribution in [2.75, 3.05) is 13.1 Å². The number of imidazole rings is 2. The van der Waals surface area contributed by atoms with Crippen LogP contribution in [0.4, 0.5) is 0 Å². The highest BCUT2D eigenvalue weighted by Crippen LogP contribution is 2.46. The van der Waals surface area contributed by atoms with Gasteiger partial charge in [0.25, 0.3) is 23.6 Å². The lowest BCUT2D eigenvalue weighted by atomic mass is 9.76. The fourth-order valence-electron chi connectivity index (χ4n) is 13.2. The van der Waals surface area contributed by atoms with Gasteiger partial charge >= 0.3 is 0 Å². The van der Waals surface area contributed by atoms with E-state index in [1.807, 2.05) is 55.1 Å². The molecule has 4 aliphatic rings. The summed E-state index contributed by atoms with van der Waals surface area (Å²) in [6.07, 6.45) is 8.82. The van der Waals surface area contributed by atoms with E-state index in [0.717, 1.165) is 72.3 Å². The molecule has 4 amide bonds. The van der Waals surface area contributed by atoms with Crippen molar-refractivity contribution in [3.05, 3.63) is 322 Å². The topological polar surface area (TPSA) is 110 Å². The van der Waals surface area contributed by atoms with Gasteiger partial charge in [-0.15, -0.1) is 0 Å². The first-order valence-electron chi connectivity index (χ1n) is 27.7. The second kappa shape index (κ2) is 21.0. The Morgan fingerprint density at radius 2 is 0.625 bits per heavy atom. The van der Waals surface area contributed by atoms with Crippen molar-refractivity contribution in [3.8, 4) is 0 Å². The third-order valence-corrected chi connectivity index (χ3v) is 17.0. The van der Waals surface area contributed by atoms with E-state index in [1.54, 1.807) is 24.3 Å². The molecule has 2 aliphatic heterocycles. The molecule has 14 rings (SSSR count). The van der Waals surface area contributed by atoms with Crippen LogP contribution in [0.25, 0.3) is 0 Å². The Kier molecular flexibility index (Phi) is 13.1. The van der Waals surface area contributed by atoms with E-state index in [-0.39, 0.29) is 35.5 Å².